The summed E-state index contributed by atoms with van der Waals surface area (Å²) in [6.45, 7) is 9.46. The first-order chi connectivity index (χ1) is 11.2. The Balaban J connectivity index is 2.21. The van der Waals surface area contributed by atoms with E-state index in [2.05, 4.69) is 28.2 Å². The molecule has 1 aromatic carbocycles. The minimum absolute atomic E-state index is 0.483. The molecule has 2 rings (SSSR count). The summed E-state index contributed by atoms with van der Waals surface area (Å²) in [7, 11) is 3.20. The van der Waals surface area contributed by atoms with Gasteiger partial charge in [-0.1, -0.05) is 17.3 Å². The molecule has 0 saturated heterocycles. The lowest BCUT2D eigenvalue weighted by molar-refractivity contribution is 0.266. The first-order valence-corrected chi connectivity index (χ1v) is 7.21. The number of benzene rings is 1. The van der Waals surface area contributed by atoms with Crippen molar-refractivity contribution in [2.75, 3.05) is 27.3 Å². The van der Waals surface area contributed by atoms with Crippen molar-refractivity contribution in [1.82, 2.24) is 15.0 Å². The van der Waals surface area contributed by atoms with Gasteiger partial charge < -0.3 is 14.0 Å². The van der Waals surface area contributed by atoms with Crippen LogP contribution in [0.4, 0.5) is 0 Å². The number of nitrogens with zero attached hydrogens (tertiary/aromatic N) is 3. The molecule has 0 aliphatic rings. The summed E-state index contributed by atoms with van der Waals surface area (Å²) in [6, 6.07) is 5.46. The third-order valence-electron chi connectivity index (χ3n) is 3.25. The van der Waals surface area contributed by atoms with Gasteiger partial charge in [-0.15, -0.1) is 13.2 Å². The third kappa shape index (κ3) is 4.20. The van der Waals surface area contributed by atoms with Crippen molar-refractivity contribution in [3.8, 4) is 22.9 Å². The number of methoxy groups -OCH3 is 2. The van der Waals surface area contributed by atoms with Gasteiger partial charge in [-0.3, -0.25) is 4.90 Å². The largest absolute Gasteiger partial charge is 0.497 e. The second-order valence-electron chi connectivity index (χ2n) is 4.85. The van der Waals surface area contributed by atoms with Crippen LogP contribution >= 0.6 is 0 Å². The van der Waals surface area contributed by atoms with E-state index >= 15 is 0 Å². The van der Waals surface area contributed by atoms with E-state index in [0.717, 1.165) is 18.7 Å². The molecule has 0 fully saturated rings. The zero-order valence-corrected chi connectivity index (χ0v) is 13.5. The van der Waals surface area contributed by atoms with Crippen LogP contribution in [0.15, 0.2) is 48.0 Å². The number of hydrogen-bond donors (Lipinski definition) is 0. The summed E-state index contributed by atoms with van der Waals surface area (Å²) in [5, 5.41) is 4.04. The molecule has 0 radical (unpaired) electrons. The van der Waals surface area contributed by atoms with Crippen LogP contribution in [0, 0.1) is 0 Å². The second kappa shape index (κ2) is 8.14. The van der Waals surface area contributed by atoms with Crippen molar-refractivity contribution in [3.05, 3.63) is 49.4 Å². The zero-order valence-electron chi connectivity index (χ0n) is 13.5. The Morgan fingerprint density at radius 2 is 1.91 bits per heavy atom. The second-order valence-corrected chi connectivity index (χ2v) is 4.85. The van der Waals surface area contributed by atoms with Gasteiger partial charge in [-0.2, -0.15) is 4.98 Å². The van der Waals surface area contributed by atoms with Crippen molar-refractivity contribution in [2.24, 2.45) is 0 Å². The summed E-state index contributed by atoms with van der Waals surface area (Å²) >= 11 is 0. The Kier molecular flexibility index (Phi) is 5.94. The molecular weight excluding hydrogens is 294 g/mol. The van der Waals surface area contributed by atoms with Gasteiger partial charge in [0.05, 0.1) is 26.3 Å². The van der Waals surface area contributed by atoms with E-state index in [9.17, 15) is 0 Å². The Morgan fingerprint density at radius 1 is 1.17 bits per heavy atom. The molecule has 1 aromatic heterocycles. The van der Waals surface area contributed by atoms with Crippen LogP contribution in [0.25, 0.3) is 11.4 Å². The fourth-order valence-corrected chi connectivity index (χ4v) is 2.17. The highest BCUT2D eigenvalue weighted by molar-refractivity contribution is 5.65. The number of ether oxygens (including phenoxy) is 2. The van der Waals surface area contributed by atoms with Crippen LogP contribution < -0.4 is 9.47 Å². The maximum absolute atomic E-state index is 5.37. The lowest BCUT2D eigenvalue weighted by atomic mass is 10.2. The SMILES string of the molecule is C=CCN(CC=C)Cc1nc(-c2ccc(OC)cc2OC)no1. The first kappa shape index (κ1) is 16.8. The van der Waals surface area contributed by atoms with E-state index in [-0.39, 0.29) is 0 Å². The zero-order chi connectivity index (χ0) is 16.7. The van der Waals surface area contributed by atoms with Crippen molar-refractivity contribution in [3.63, 3.8) is 0 Å². The molecule has 0 aliphatic carbocycles. The average molecular weight is 315 g/mol. The van der Waals surface area contributed by atoms with E-state index in [1.807, 2.05) is 24.3 Å². The topological polar surface area (TPSA) is 60.6 Å². The van der Waals surface area contributed by atoms with Crippen LogP contribution in [0.2, 0.25) is 0 Å². The molecule has 0 amide bonds. The molecule has 0 unspecified atom stereocenters. The Bertz CT molecular complexity index is 657. The van der Waals surface area contributed by atoms with Gasteiger partial charge >= 0.3 is 0 Å². The molecule has 122 valence electrons. The maximum Gasteiger partial charge on any atom is 0.241 e. The standard InChI is InChI=1S/C17H21N3O3/c1-5-9-20(10-6-2)12-16-18-17(19-23-16)14-8-7-13(21-3)11-15(14)22-4/h5-8,11H,1-2,9-10,12H2,3-4H3. The fraction of sp³-hybridized carbons (Fsp3) is 0.294. The van der Waals surface area contributed by atoms with Gasteiger partial charge in [0.15, 0.2) is 0 Å². The van der Waals surface area contributed by atoms with Gasteiger partial charge in [0.25, 0.3) is 0 Å². The van der Waals surface area contributed by atoms with E-state index in [0.29, 0.717) is 29.8 Å². The summed E-state index contributed by atoms with van der Waals surface area (Å²) in [5.41, 5.74) is 0.752. The minimum Gasteiger partial charge on any atom is -0.497 e. The molecule has 23 heavy (non-hydrogen) atoms. The highest BCUT2D eigenvalue weighted by atomic mass is 16.5. The molecular formula is C17H21N3O3. The summed E-state index contributed by atoms with van der Waals surface area (Å²) in [5.74, 6) is 2.35. The van der Waals surface area contributed by atoms with Crippen molar-refractivity contribution in [2.45, 2.75) is 6.54 Å². The Morgan fingerprint density at radius 3 is 2.52 bits per heavy atom. The molecule has 0 aliphatic heterocycles. The highest BCUT2D eigenvalue weighted by Gasteiger charge is 2.15. The van der Waals surface area contributed by atoms with Gasteiger partial charge in [0.1, 0.15) is 11.5 Å². The molecule has 0 bridgehead atoms. The summed E-state index contributed by atoms with van der Waals surface area (Å²) < 4.78 is 15.9. The number of aromatic nitrogens is 2. The average Bonchev–Trinajstić information content (AvgIpc) is 3.03. The van der Waals surface area contributed by atoms with Crippen LogP contribution in [0.3, 0.4) is 0 Å². The maximum atomic E-state index is 5.37. The smallest absolute Gasteiger partial charge is 0.241 e. The van der Waals surface area contributed by atoms with Gasteiger partial charge in [0.2, 0.25) is 11.7 Å². The van der Waals surface area contributed by atoms with E-state index < -0.39 is 0 Å². The Labute approximate surface area is 136 Å². The van der Waals surface area contributed by atoms with Crippen molar-refractivity contribution < 1.29 is 14.0 Å². The molecule has 0 saturated carbocycles. The lowest BCUT2D eigenvalue weighted by Crippen LogP contribution is -2.23. The van der Waals surface area contributed by atoms with Gasteiger partial charge in [0, 0.05) is 19.2 Å². The molecule has 1 heterocycles. The molecule has 0 spiro atoms. The van der Waals surface area contributed by atoms with E-state index in [1.54, 1.807) is 20.3 Å². The van der Waals surface area contributed by atoms with Gasteiger partial charge in [-0.05, 0) is 12.1 Å². The summed E-state index contributed by atoms with van der Waals surface area (Å²) in [4.78, 5) is 6.53. The molecule has 2 aromatic rings. The fourth-order valence-electron chi connectivity index (χ4n) is 2.17. The number of hydrogen-bond acceptors (Lipinski definition) is 6. The van der Waals surface area contributed by atoms with E-state index in [4.69, 9.17) is 14.0 Å². The van der Waals surface area contributed by atoms with Crippen LogP contribution in [-0.2, 0) is 6.54 Å². The van der Waals surface area contributed by atoms with Gasteiger partial charge in [-0.25, -0.2) is 0 Å². The monoisotopic (exact) mass is 315 g/mol. The third-order valence-corrected chi connectivity index (χ3v) is 3.25. The van der Waals surface area contributed by atoms with Crippen LogP contribution in [0.1, 0.15) is 5.89 Å². The van der Waals surface area contributed by atoms with Crippen LogP contribution in [0.5, 0.6) is 11.5 Å². The van der Waals surface area contributed by atoms with E-state index in [1.165, 1.54) is 0 Å². The lowest BCUT2D eigenvalue weighted by Gasteiger charge is -2.15. The Hall–Kier alpha value is -2.60. The normalized spacial score (nSPS) is 10.6. The van der Waals surface area contributed by atoms with Crippen molar-refractivity contribution in [1.29, 1.82) is 0 Å². The van der Waals surface area contributed by atoms with Crippen molar-refractivity contribution >= 4 is 0 Å². The minimum atomic E-state index is 0.483. The number of rotatable bonds is 9. The quantitative estimate of drug-likeness (QED) is 0.663. The van der Waals surface area contributed by atoms with Crippen LogP contribution in [-0.4, -0.2) is 42.3 Å². The first-order valence-electron chi connectivity index (χ1n) is 7.21. The molecule has 0 N–H and O–H groups in total. The predicted octanol–water partition coefficient (Wildman–Crippen LogP) is 2.93. The molecule has 6 nitrogen and oxygen atoms in total. The molecule has 6 heteroatoms. The summed E-state index contributed by atoms with van der Waals surface area (Å²) in [6.07, 6.45) is 3.65. The highest BCUT2D eigenvalue weighted by Crippen LogP contribution is 2.31. The molecule has 0 atom stereocenters. The predicted molar refractivity (Wildman–Crippen MR) is 88.5 cm³/mol.